The van der Waals surface area contributed by atoms with Crippen molar-refractivity contribution in [1.82, 2.24) is 29.9 Å². The molecule has 2 atom stereocenters. The van der Waals surface area contributed by atoms with E-state index in [4.69, 9.17) is 16.0 Å². The Bertz CT molecular complexity index is 1250. The molecule has 158 valence electrons. The first-order valence-corrected chi connectivity index (χ1v) is 10.6. The first kappa shape index (κ1) is 19.7. The Kier molecular flexibility index (Phi) is 4.94. The number of rotatable bonds is 3. The van der Waals surface area contributed by atoms with Gasteiger partial charge in [0, 0.05) is 23.3 Å². The van der Waals surface area contributed by atoms with E-state index in [1.54, 1.807) is 24.5 Å². The Balaban J connectivity index is 1.47. The van der Waals surface area contributed by atoms with E-state index in [0.717, 1.165) is 24.1 Å². The van der Waals surface area contributed by atoms with Gasteiger partial charge >= 0.3 is 0 Å². The third kappa shape index (κ3) is 3.67. The Labute approximate surface area is 183 Å². The minimum Gasteiger partial charge on any atom is -0.440 e. The molecular weight excluding hydrogens is 416 g/mol. The van der Waals surface area contributed by atoms with Crippen molar-refractivity contribution in [3.8, 4) is 5.69 Å². The fourth-order valence-electron chi connectivity index (χ4n) is 4.03. The molecule has 0 aliphatic carbocycles. The molecule has 0 N–H and O–H groups in total. The van der Waals surface area contributed by atoms with E-state index in [0.29, 0.717) is 34.4 Å². The van der Waals surface area contributed by atoms with E-state index in [2.05, 4.69) is 27.1 Å². The SMILES string of the molecule is Cc1ccc(-n2nccn2)c(C(=O)N2C[C@H](c3nc4cc(Cl)ccc4o3)CC[C@H]2C)n1. The summed E-state index contributed by atoms with van der Waals surface area (Å²) in [5, 5.41) is 8.97. The molecule has 0 unspecified atom stereocenters. The lowest BCUT2D eigenvalue weighted by atomic mass is 9.93. The van der Waals surface area contributed by atoms with Crippen LogP contribution in [0.15, 0.2) is 47.1 Å². The number of likely N-dealkylation sites (tertiary alicyclic amines) is 1. The number of pyridine rings is 1. The quantitative estimate of drug-likeness (QED) is 0.478. The highest BCUT2D eigenvalue weighted by Gasteiger charge is 2.34. The lowest BCUT2D eigenvalue weighted by Gasteiger charge is -2.37. The monoisotopic (exact) mass is 436 g/mol. The predicted octanol–water partition coefficient (Wildman–Crippen LogP) is 4.17. The zero-order valence-corrected chi connectivity index (χ0v) is 18.0. The van der Waals surface area contributed by atoms with Gasteiger partial charge in [0.15, 0.2) is 17.2 Å². The molecule has 8 nitrogen and oxygen atoms in total. The maximum atomic E-state index is 13.6. The summed E-state index contributed by atoms with van der Waals surface area (Å²) in [4.78, 5) is 26.0. The number of benzene rings is 1. The molecule has 9 heteroatoms. The van der Waals surface area contributed by atoms with Crippen LogP contribution in [0.2, 0.25) is 5.02 Å². The van der Waals surface area contributed by atoms with Crippen molar-refractivity contribution in [1.29, 1.82) is 0 Å². The van der Waals surface area contributed by atoms with Crippen LogP contribution in [0.3, 0.4) is 0 Å². The molecule has 0 saturated carbocycles. The highest BCUT2D eigenvalue weighted by molar-refractivity contribution is 6.31. The van der Waals surface area contributed by atoms with Gasteiger partial charge in [-0.15, -0.1) is 4.80 Å². The van der Waals surface area contributed by atoms with Gasteiger partial charge in [0.2, 0.25) is 0 Å². The van der Waals surface area contributed by atoms with Crippen LogP contribution in [0.1, 0.15) is 47.8 Å². The third-order valence-electron chi connectivity index (χ3n) is 5.71. The second-order valence-electron chi connectivity index (χ2n) is 7.88. The largest absolute Gasteiger partial charge is 0.440 e. The average Bonchev–Trinajstić information content (AvgIpc) is 3.43. The van der Waals surface area contributed by atoms with Crippen molar-refractivity contribution >= 4 is 28.6 Å². The summed E-state index contributed by atoms with van der Waals surface area (Å²) in [5.74, 6) is 0.489. The van der Waals surface area contributed by atoms with Crippen LogP contribution in [-0.2, 0) is 0 Å². The second kappa shape index (κ2) is 7.77. The van der Waals surface area contributed by atoms with Crippen LogP contribution >= 0.6 is 11.6 Å². The Morgan fingerprint density at radius 2 is 1.94 bits per heavy atom. The molecular formula is C22H21ClN6O2. The molecule has 0 bridgehead atoms. The van der Waals surface area contributed by atoms with E-state index in [1.807, 2.05) is 30.0 Å². The average molecular weight is 437 g/mol. The lowest BCUT2D eigenvalue weighted by Crippen LogP contribution is -2.45. The summed E-state index contributed by atoms with van der Waals surface area (Å²) in [6.07, 6.45) is 4.89. The van der Waals surface area contributed by atoms with Crippen LogP contribution in [0.25, 0.3) is 16.8 Å². The fraction of sp³-hybridized carbons (Fsp3) is 0.318. The van der Waals surface area contributed by atoms with Crippen molar-refractivity contribution in [3.63, 3.8) is 0 Å². The molecule has 5 rings (SSSR count). The van der Waals surface area contributed by atoms with Crippen LogP contribution in [0.5, 0.6) is 0 Å². The number of oxazole rings is 1. The van der Waals surface area contributed by atoms with Gasteiger partial charge in [-0.2, -0.15) is 10.2 Å². The van der Waals surface area contributed by atoms with Gasteiger partial charge in [0.25, 0.3) is 5.91 Å². The zero-order valence-electron chi connectivity index (χ0n) is 17.2. The molecule has 1 fully saturated rings. The molecule has 31 heavy (non-hydrogen) atoms. The summed E-state index contributed by atoms with van der Waals surface area (Å²) in [6, 6.07) is 9.14. The molecule has 1 amide bonds. The Hall–Kier alpha value is -3.26. The molecule has 1 aliphatic rings. The van der Waals surface area contributed by atoms with Gasteiger partial charge in [-0.3, -0.25) is 4.79 Å². The van der Waals surface area contributed by atoms with E-state index in [-0.39, 0.29) is 17.9 Å². The summed E-state index contributed by atoms with van der Waals surface area (Å²) < 4.78 is 5.99. The topological polar surface area (TPSA) is 89.9 Å². The minimum atomic E-state index is -0.146. The molecule has 0 radical (unpaired) electrons. The third-order valence-corrected chi connectivity index (χ3v) is 5.94. The van der Waals surface area contributed by atoms with E-state index in [1.165, 1.54) is 4.80 Å². The number of aromatic nitrogens is 5. The van der Waals surface area contributed by atoms with Crippen LogP contribution < -0.4 is 0 Å². The zero-order chi connectivity index (χ0) is 21.5. The first-order valence-electron chi connectivity index (χ1n) is 10.2. The van der Waals surface area contributed by atoms with Crippen molar-refractivity contribution in [2.45, 2.75) is 38.6 Å². The van der Waals surface area contributed by atoms with Crippen LogP contribution in [-0.4, -0.2) is 48.4 Å². The number of nitrogens with zero attached hydrogens (tertiary/aromatic N) is 6. The molecule has 1 aromatic carbocycles. The van der Waals surface area contributed by atoms with Gasteiger partial charge in [0.1, 0.15) is 11.2 Å². The van der Waals surface area contributed by atoms with E-state index >= 15 is 0 Å². The molecule has 0 spiro atoms. The smallest absolute Gasteiger partial charge is 0.275 e. The number of piperidine rings is 1. The normalized spacial score (nSPS) is 19.1. The predicted molar refractivity (Wildman–Crippen MR) is 115 cm³/mol. The summed E-state index contributed by atoms with van der Waals surface area (Å²) in [5.41, 5.74) is 3.09. The molecule has 4 aromatic rings. The standard InChI is InChI=1S/C22H21ClN6O2/c1-13-3-7-18(29-24-9-10-25-29)20(26-13)22(30)28-12-15(5-4-14(28)2)21-27-17-11-16(23)6-8-19(17)31-21/h3,6-11,14-15H,4-5,12H2,1-2H3/t14-,15-/m1/s1. The van der Waals surface area contributed by atoms with Crippen molar-refractivity contribution < 1.29 is 9.21 Å². The fourth-order valence-corrected chi connectivity index (χ4v) is 4.20. The second-order valence-corrected chi connectivity index (χ2v) is 8.32. The van der Waals surface area contributed by atoms with Crippen molar-refractivity contribution in [2.75, 3.05) is 6.54 Å². The molecule has 1 saturated heterocycles. The summed E-state index contributed by atoms with van der Waals surface area (Å²) in [7, 11) is 0. The van der Waals surface area contributed by atoms with Crippen molar-refractivity contribution in [3.05, 3.63) is 65.0 Å². The molecule has 4 heterocycles. The highest BCUT2D eigenvalue weighted by Crippen LogP contribution is 2.33. The molecule has 3 aromatic heterocycles. The number of fused-ring (bicyclic) bond motifs is 1. The molecule has 1 aliphatic heterocycles. The number of hydrogen-bond acceptors (Lipinski definition) is 6. The van der Waals surface area contributed by atoms with E-state index in [9.17, 15) is 4.79 Å². The number of aryl methyl sites for hydroxylation is 1. The number of halogens is 1. The summed E-state index contributed by atoms with van der Waals surface area (Å²) in [6.45, 7) is 4.42. The first-order chi connectivity index (χ1) is 15.0. The number of carbonyl (C=O) groups is 1. The van der Waals surface area contributed by atoms with Crippen LogP contribution in [0, 0.1) is 6.92 Å². The Morgan fingerprint density at radius 1 is 1.13 bits per heavy atom. The van der Waals surface area contributed by atoms with Crippen LogP contribution in [0.4, 0.5) is 0 Å². The summed E-state index contributed by atoms with van der Waals surface area (Å²) >= 11 is 6.08. The van der Waals surface area contributed by atoms with Gasteiger partial charge < -0.3 is 9.32 Å². The number of amides is 1. The number of hydrogen-bond donors (Lipinski definition) is 0. The Morgan fingerprint density at radius 3 is 2.74 bits per heavy atom. The lowest BCUT2D eigenvalue weighted by molar-refractivity contribution is 0.0591. The highest BCUT2D eigenvalue weighted by atomic mass is 35.5. The minimum absolute atomic E-state index is 0.00223. The van der Waals surface area contributed by atoms with Gasteiger partial charge in [-0.1, -0.05) is 11.6 Å². The van der Waals surface area contributed by atoms with Crippen molar-refractivity contribution in [2.24, 2.45) is 0 Å². The van der Waals surface area contributed by atoms with E-state index < -0.39 is 0 Å². The van der Waals surface area contributed by atoms with Gasteiger partial charge in [-0.05, 0) is 57.0 Å². The maximum Gasteiger partial charge on any atom is 0.275 e. The number of carbonyl (C=O) groups excluding carboxylic acids is 1. The maximum absolute atomic E-state index is 13.6. The van der Waals surface area contributed by atoms with Gasteiger partial charge in [-0.25, -0.2) is 9.97 Å². The van der Waals surface area contributed by atoms with Gasteiger partial charge in [0.05, 0.1) is 18.3 Å².